The normalized spacial score (nSPS) is 17.0. The van der Waals surface area contributed by atoms with E-state index in [0.29, 0.717) is 0 Å². The highest BCUT2D eigenvalue weighted by Crippen LogP contribution is 2.64. The van der Waals surface area contributed by atoms with Gasteiger partial charge in [-0.25, -0.2) is 0 Å². The zero-order valence-corrected chi connectivity index (χ0v) is 43.2. The number of fused-ring (bicyclic) bond motifs is 10. The molecule has 0 aliphatic heterocycles. The summed E-state index contributed by atoms with van der Waals surface area (Å²) in [6, 6.07) is 72.3. The molecule has 1 spiro atoms. The van der Waals surface area contributed by atoms with Gasteiger partial charge in [0.2, 0.25) is 0 Å². The molecule has 5 aliphatic rings. The van der Waals surface area contributed by atoms with E-state index in [4.69, 9.17) is 0 Å². The average Bonchev–Trinajstić information content (AvgIpc) is 4.11. The van der Waals surface area contributed by atoms with Crippen LogP contribution in [0.25, 0.3) is 44.5 Å². The maximum absolute atomic E-state index is 4.51. The van der Waals surface area contributed by atoms with Gasteiger partial charge in [0.25, 0.3) is 0 Å². The molecule has 8 aromatic carbocycles. The highest BCUT2D eigenvalue weighted by Gasteiger charge is 2.52. The van der Waals surface area contributed by atoms with Crippen molar-refractivity contribution in [2.45, 2.75) is 50.9 Å². The van der Waals surface area contributed by atoms with Crippen LogP contribution in [0.5, 0.6) is 0 Å². The second-order valence-corrected chi connectivity index (χ2v) is 20.5. The molecule has 2 nitrogen and oxygen atoms in total. The van der Waals surface area contributed by atoms with Gasteiger partial charge in [-0.15, -0.1) is 0 Å². The monoisotopic (exact) mass is 976 g/mol. The number of rotatable bonds is 12. The minimum atomic E-state index is -0.593. The van der Waals surface area contributed by atoms with Gasteiger partial charge in [-0.1, -0.05) is 207 Å². The zero-order valence-electron chi connectivity index (χ0n) is 43.2. The number of allylic oxidation sites excluding steroid dienone is 16. The van der Waals surface area contributed by atoms with Gasteiger partial charge in [-0.3, -0.25) is 0 Å². The quantitative estimate of drug-likeness (QED) is 0.113. The minimum absolute atomic E-state index is 0.593. The molecule has 13 rings (SSSR count). The third kappa shape index (κ3) is 8.22. The van der Waals surface area contributed by atoms with E-state index in [0.717, 1.165) is 66.7 Å². The van der Waals surface area contributed by atoms with E-state index in [1.54, 1.807) is 0 Å². The van der Waals surface area contributed by atoms with Crippen LogP contribution in [0, 0.1) is 0 Å². The highest BCUT2D eigenvalue weighted by atomic mass is 15.2. The standard InChI is InChI=1S/C74H60N2/c1-3-60(39-32-52(2)53-20-8-4-9-21-53)75(61-40-33-57(34-41-61)54-22-10-5-11-23-54)64-46-48-68-66-28-16-18-30-70(66)74(72(68)50-64)71-31-19-17-29-67(71)69-49-47-65(51-73(69)74)76(62-42-35-58(36-43-62)55-24-12-6-13-25-55)63-44-37-59(38-45-63)56-26-14-7-15-27-56/h3-6,8-12,14,16-24,26-35,37-42,44-51H,2,7,13,15,25,36,43H2,1H3/b39-32-,60-3+. The second-order valence-electron chi connectivity index (χ2n) is 20.5. The number of hydrogen-bond acceptors (Lipinski definition) is 2. The summed E-state index contributed by atoms with van der Waals surface area (Å²) in [6.45, 7) is 6.64. The molecule has 0 amide bonds. The first-order valence-electron chi connectivity index (χ1n) is 27.1. The summed E-state index contributed by atoms with van der Waals surface area (Å²) >= 11 is 0. The molecule has 0 aromatic heterocycles. The Kier molecular flexibility index (Phi) is 12.3. The fourth-order valence-corrected chi connectivity index (χ4v) is 12.6. The third-order valence-corrected chi connectivity index (χ3v) is 16.3. The highest BCUT2D eigenvalue weighted by molar-refractivity contribution is 5.97. The van der Waals surface area contributed by atoms with Gasteiger partial charge in [-0.2, -0.15) is 0 Å². The van der Waals surface area contributed by atoms with E-state index in [-0.39, 0.29) is 0 Å². The van der Waals surface area contributed by atoms with Crippen molar-refractivity contribution in [1.82, 2.24) is 0 Å². The van der Waals surface area contributed by atoms with Crippen molar-refractivity contribution in [3.8, 4) is 33.4 Å². The number of nitrogens with zero attached hydrogens (tertiary/aromatic N) is 2. The lowest BCUT2D eigenvalue weighted by Crippen LogP contribution is -2.27. The molecule has 2 heteroatoms. The van der Waals surface area contributed by atoms with E-state index in [9.17, 15) is 0 Å². The van der Waals surface area contributed by atoms with Crippen molar-refractivity contribution in [3.05, 3.63) is 323 Å². The molecule has 5 aliphatic carbocycles. The van der Waals surface area contributed by atoms with Gasteiger partial charge in [-0.05, 0) is 195 Å². The van der Waals surface area contributed by atoms with Crippen molar-refractivity contribution < 1.29 is 0 Å². The fourth-order valence-electron chi connectivity index (χ4n) is 12.6. The summed E-state index contributed by atoms with van der Waals surface area (Å²) in [5.74, 6) is 0. The maximum atomic E-state index is 4.51. The van der Waals surface area contributed by atoms with Crippen LogP contribution in [-0.4, -0.2) is 0 Å². The lowest BCUT2D eigenvalue weighted by molar-refractivity contribution is 0.792. The van der Waals surface area contributed by atoms with Crippen LogP contribution in [0.3, 0.4) is 0 Å². The number of benzene rings is 8. The SMILES string of the molecule is C=C(/C=C\C(=C/C)N(c1ccc(-c2ccccc2)cc1)c1ccc2c(c1)C1(c3ccccc3-c3ccc(N(C4=CC=C(C5=CC=CCC5)CC4)c4ccc(C5=CCCC=C5)cc4)cc31)c1ccccc1-2)c1ccccc1. The molecular formula is C74H60N2. The van der Waals surface area contributed by atoms with Crippen LogP contribution in [-0.2, 0) is 5.41 Å². The van der Waals surface area contributed by atoms with Gasteiger partial charge >= 0.3 is 0 Å². The first-order valence-corrected chi connectivity index (χ1v) is 27.1. The smallest absolute Gasteiger partial charge is 0.0727 e. The van der Waals surface area contributed by atoms with Crippen molar-refractivity contribution in [1.29, 1.82) is 0 Å². The van der Waals surface area contributed by atoms with Crippen molar-refractivity contribution in [3.63, 3.8) is 0 Å². The van der Waals surface area contributed by atoms with E-state index < -0.39 is 5.41 Å². The minimum Gasteiger partial charge on any atom is -0.314 e. The van der Waals surface area contributed by atoms with Gasteiger partial charge < -0.3 is 9.80 Å². The van der Waals surface area contributed by atoms with Crippen LogP contribution in [0.1, 0.15) is 78.8 Å². The lowest BCUT2D eigenvalue weighted by Gasteiger charge is -2.34. The first-order chi connectivity index (χ1) is 37.6. The molecule has 0 saturated carbocycles. The number of anilines is 4. The molecule has 0 heterocycles. The lowest BCUT2D eigenvalue weighted by atomic mass is 9.70. The predicted octanol–water partition coefficient (Wildman–Crippen LogP) is 19.8. The van der Waals surface area contributed by atoms with Crippen molar-refractivity contribution >= 4 is 33.9 Å². The molecule has 8 aromatic rings. The Bertz CT molecular complexity index is 3800. The molecule has 1 unspecified atom stereocenters. The molecular weight excluding hydrogens is 917 g/mol. The van der Waals surface area contributed by atoms with Crippen molar-refractivity contribution in [2.24, 2.45) is 0 Å². The molecule has 1 atom stereocenters. The van der Waals surface area contributed by atoms with Crippen LogP contribution < -0.4 is 9.80 Å². The summed E-state index contributed by atoms with van der Waals surface area (Å²) < 4.78 is 0. The van der Waals surface area contributed by atoms with Crippen LogP contribution in [0.4, 0.5) is 22.7 Å². The second kappa shape index (κ2) is 20.0. The zero-order chi connectivity index (χ0) is 51.0. The summed E-state index contributed by atoms with van der Waals surface area (Å²) in [4.78, 5) is 4.96. The summed E-state index contributed by atoms with van der Waals surface area (Å²) in [6.07, 6.45) is 31.5. The first kappa shape index (κ1) is 46.8. The van der Waals surface area contributed by atoms with Crippen LogP contribution in [0.2, 0.25) is 0 Å². The Morgan fingerprint density at radius 2 is 1.07 bits per heavy atom. The van der Waals surface area contributed by atoms with E-state index in [2.05, 4.69) is 284 Å². The third-order valence-electron chi connectivity index (χ3n) is 16.3. The molecule has 0 saturated heterocycles. The summed E-state index contributed by atoms with van der Waals surface area (Å²) in [5.41, 5.74) is 26.5. The molecule has 0 bridgehead atoms. The summed E-state index contributed by atoms with van der Waals surface area (Å²) in [5, 5.41) is 0. The van der Waals surface area contributed by atoms with Crippen LogP contribution >= 0.6 is 0 Å². The molecule has 0 N–H and O–H groups in total. The summed E-state index contributed by atoms with van der Waals surface area (Å²) in [7, 11) is 0. The maximum Gasteiger partial charge on any atom is 0.0727 e. The van der Waals surface area contributed by atoms with E-state index in [1.807, 2.05) is 0 Å². The Morgan fingerprint density at radius 3 is 1.71 bits per heavy atom. The Labute approximate surface area is 449 Å². The predicted molar refractivity (Wildman–Crippen MR) is 322 cm³/mol. The Morgan fingerprint density at radius 1 is 0.474 bits per heavy atom. The topological polar surface area (TPSA) is 6.48 Å². The van der Waals surface area contributed by atoms with Crippen LogP contribution in [0.15, 0.2) is 290 Å². The van der Waals surface area contributed by atoms with Crippen molar-refractivity contribution in [2.75, 3.05) is 9.80 Å². The molecule has 366 valence electrons. The van der Waals surface area contributed by atoms with Gasteiger partial charge in [0.05, 0.1) is 5.41 Å². The van der Waals surface area contributed by atoms with E-state index in [1.165, 1.54) is 95.0 Å². The van der Waals surface area contributed by atoms with Gasteiger partial charge in [0.1, 0.15) is 0 Å². The Balaban J connectivity index is 0.987. The average molecular weight is 977 g/mol. The van der Waals surface area contributed by atoms with Gasteiger partial charge in [0.15, 0.2) is 0 Å². The molecule has 76 heavy (non-hydrogen) atoms. The molecule has 0 radical (unpaired) electrons. The fraction of sp³-hybridized carbons (Fsp3) is 0.108. The molecule has 0 fully saturated rings. The largest absolute Gasteiger partial charge is 0.314 e. The van der Waals surface area contributed by atoms with E-state index >= 15 is 0 Å². The number of hydrogen-bond donors (Lipinski definition) is 0. The van der Waals surface area contributed by atoms with Gasteiger partial charge in [0, 0.05) is 34.1 Å². The Hall–Kier alpha value is -8.98.